The average Bonchev–Trinajstić information content (AvgIpc) is 3.27. The van der Waals surface area contributed by atoms with E-state index in [2.05, 4.69) is 138 Å². The van der Waals surface area contributed by atoms with E-state index in [4.69, 9.17) is 0 Å². The van der Waals surface area contributed by atoms with E-state index in [1.165, 1.54) is 97.9 Å². The molecule has 0 saturated carbocycles. The maximum atomic E-state index is 2.77. The van der Waals surface area contributed by atoms with Crippen molar-refractivity contribution in [3.8, 4) is 33.5 Å². The van der Waals surface area contributed by atoms with Gasteiger partial charge in [-0.3, -0.25) is 0 Å². The van der Waals surface area contributed by atoms with Gasteiger partial charge in [-0.05, 0) is 95.5 Å². The first-order chi connectivity index (χ1) is 21.3. The SMILES string of the molecule is CCCC1(CC)Cc2cc3c(cc2-c2ccc4cc(-c5cc(C)cc(C)c5)ccc4[n+]21)C(C)(C(CC)CC)c1ccccc1-3. The smallest absolute Gasteiger partial charge is 0.186 e. The number of hydrogen-bond acceptors (Lipinski definition) is 0. The fourth-order valence-electron chi connectivity index (χ4n) is 9.41. The van der Waals surface area contributed by atoms with Gasteiger partial charge in [0, 0.05) is 47.8 Å². The van der Waals surface area contributed by atoms with E-state index in [-0.39, 0.29) is 11.0 Å². The van der Waals surface area contributed by atoms with E-state index in [0.29, 0.717) is 5.92 Å². The van der Waals surface area contributed by atoms with Crippen LogP contribution in [-0.2, 0) is 17.4 Å². The summed E-state index contributed by atoms with van der Waals surface area (Å²) in [6.45, 7) is 16.4. The van der Waals surface area contributed by atoms with Crippen molar-refractivity contribution in [3.63, 3.8) is 0 Å². The highest BCUT2D eigenvalue weighted by Gasteiger charge is 2.49. The van der Waals surface area contributed by atoms with Crippen molar-refractivity contribution in [2.75, 3.05) is 0 Å². The van der Waals surface area contributed by atoms with Gasteiger partial charge in [0.25, 0.3) is 0 Å². The molecule has 1 aliphatic carbocycles. The van der Waals surface area contributed by atoms with Crippen molar-refractivity contribution in [2.45, 2.75) is 97.9 Å². The Morgan fingerprint density at radius 2 is 1.45 bits per heavy atom. The molecule has 1 heteroatoms. The van der Waals surface area contributed by atoms with Crippen LogP contribution in [0.5, 0.6) is 0 Å². The zero-order chi connectivity index (χ0) is 30.8. The Labute approximate surface area is 265 Å². The van der Waals surface area contributed by atoms with Crippen molar-refractivity contribution >= 4 is 10.9 Å². The molecule has 0 spiro atoms. The quantitative estimate of drug-likeness (QED) is 0.169. The molecule has 0 radical (unpaired) electrons. The predicted molar refractivity (Wildman–Crippen MR) is 187 cm³/mol. The van der Waals surface area contributed by atoms with Crippen LogP contribution in [0, 0.1) is 19.8 Å². The summed E-state index contributed by atoms with van der Waals surface area (Å²) >= 11 is 0. The molecule has 2 aliphatic rings. The fraction of sp³-hybridized carbons (Fsp3) is 0.372. The number of pyridine rings is 1. The maximum absolute atomic E-state index is 2.77. The van der Waals surface area contributed by atoms with Crippen molar-refractivity contribution in [1.82, 2.24) is 0 Å². The molecule has 2 unspecified atom stereocenters. The van der Waals surface area contributed by atoms with Crippen molar-refractivity contribution in [2.24, 2.45) is 5.92 Å². The Bertz CT molecular complexity index is 1890. The Morgan fingerprint density at radius 1 is 0.705 bits per heavy atom. The third-order valence-electron chi connectivity index (χ3n) is 11.5. The van der Waals surface area contributed by atoms with Crippen molar-refractivity contribution in [3.05, 3.63) is 113 Å². The maximum Gasteiger partial charge on any atom is 0.213 e. The monoisotopic (exact) mass is 578 g/mol. The fourth-order valence-corrected chi connectivity index (χ4v) is 9.41. The molecule has 1 aromatic heterocycles. The Kier molecular flexibility index (Phi) is 7.07. The minimum absolute atomic E-state index is 0.0235. The first-order valence-corrected chi connectivity index (χ1v) is 17.1. The lowest BCUT2D eigenvalue weighted by Gasteiger charge is -2.37. The van der Waals surface area contributed by atoms with Crippen LogP contribution < -0.4 is 4.57 Å². The van der Waals surface area contributed by atoms with E-state index in [1.54, 1.807) is 0 Å². The third kappa shape index (κ3) is 4.15. The van der Waals surface area contributed by atoms with Crippen LogP contribution >= 0.6 is 0 Å². The summed E-state index contributed by atoms with van der Waals surface area (Å²) < 4.78 is 2.77. The van der Waals surface area contributed by atoms with Crippen LogP contribution in [-0.4, -0.2) is 0 Å². The molecule has 44 heavy (non-hydrogen) atoms. The lowest BCUT2D eigenvalue weighted by Crippen LogP contribution is -2.61. The molecule has 2 heterocycles. The highest BCUT2D eigenvalue weighted by Crippen LogP contribution is 2.56. The second-order valence-electron chi connectivity index (χ2n) is 14.0. The standard InChI is InChI=1S/C43H48N/c1-8-20-43(11-4)27-33-25-37-35-14-12-13-15-38(35)42(7,34(9-2)10-3)39(37)26-36(33)41-19-17-31-24-30(16-18-40(31)44(41)43)32-22-28(5)21-29(6)23-32/h12-19,21-26,34H,8-11,20,27H2,1-7H3/q+1. The van der Waals surface area contributed by atoms with E-state index in [1.807, 2.05) is 0 Å². The summed E-state index contributed by atoms with van der Waals surface area (Å²) in [7, 11) is 0. The van der Waals surface area contributed by atoms with Gasteiger partial charge in [-0.25, -0.2) is 0 Å². The number of benzene rings is 4. The molecule has 0 N–H and O–H groups in total. The van der Waals surface area contributed by atoms with Crippen LogP contribution in [0.15, 0.2) is 84.9 Å². The lowest BCUT2D eigenvalue weighted by molar-refractivity contribution is -0.736. The number of aryl methyl sites for hydroxylation is 2. The molecule has 1 aliphatic heterocycles. The normalized spacial score (nSPS) is 20.0. The summed E-state index contributed by atoms with van der Waals surface area (Å²) in [4.78, 5) is 0. The first-order valence-electron chi connectivity index (χ1n) is 17.1. The molecule has 4 aromatic carbocycles. The lowest BCUT2D eigenvalue weighted by atomic mass is 9.67. The van der Waals surface area contributed by atoms with Gasteiger partial charge in [-0.1, -0.05) is 101 Å². The van der Waals surface area contributed by atoms with Crippen LogP contribution in [0.2, 0.25) is 0 Å². The van der Waals surface area contributed by atoms with Gasteiger partial charge in [0.1, 0.15) is 0 Å². The van der Waals surface area contributed by atoms with E-state index in [9.17, 15) is 0 Å². The summed E-state index contributed by atoms with van der Waals surface area (Å²) in [6.07, 6.45) is 6.93. The zero-order valence-electron chi connectivity index (χ0n) is 27.9. The molecule has 5 aromatic rings. The predicted octanol–water partition coefficient (Wildman–Crippen LogP) is 11.3. The van der Waals surface area contributed by atoms with Crippen molar-refractivity contribution < 1.29 is 4.57 Å². The molecule has 1 nitrogen and oxygen atoms in total. The van der Waals surface area contributed by atoms with E-state index in [0.717, 1.165) is 12.8 Å². The number of hydrogen-bond donors (Lipinski definition) is 0. The number of fused-ring (bicyclic) bond motifs is 8. The number of aromatic nitrogens is 1. The molecular formula is C43H48N+. The highest BCUT2D eigenvalue weighted by molar-refractivity contribution is 5.87. The molecule has 224 valence electrons. The molecule has 0 bridgehead atoms. The Hall–Kier alpha value is -3.71. The highest BCUT2D eigenvalue weighted by atomic mass is 15.1. The Morgan fingerprint density at radius 3 is 2.16 bits per heavy atom. The van der Waals surface area contributed by atoms with E-state index < -0.39 is 0 Å². The van der Waals surface area contributed by atoms with Gasteiger partial charge in [0.15, 0.2) is 5.54 Å². The molecule has 0 fully saturated rings. The minimum Gasteiger partial charge on any atom is -0.186 e. The third-order valence-corrected chi connectivity index (χ3v) is 11.5. The number of rotatable bonds is 7. The topological polar surface area (TPSA) is 3.88 Å². The van der Waals surface area contributed by atoms with Gasteiger partial charge in [-0.2, -0.15) is 4.57 Å². The van der Waals surface area contributed by atoms with Gasteiger partial charge >= 0.3 is 0 Å². The van der Waals surface area contributed by atoms with Crippen LogP contribution in [0.3, 0.4) is 0 Å². The second-order valence-corrected chi connectivity index (χ2v) is 14.0. The average molecular weight is 579 g/mol. The van der Waals surface area contributed by atoms with Gasteiger partial charge < -0.3 is 0 Å². The molecule has 2 atom stereocenters. The number of nitrogens with zero attached hydrogens (tertiary/aromatic N) is 1. The first kappa shape index (κ1) is 29.0. The van der Waals surface area contributed by atoms with Gasteiger partial charge in [0.2, 0.25) is 11.2 Å². The second kappa shape index (κ2) is 10.7. The summed E-state index contributed by atoms with van der Waals surface area (Å²) in [5.74, 6) is 0.605. The molecule has 7 rings (SSSR count). The van der Waals surface area contributed by atoms with Gasteiger partial charge in [-0.15, -0.1) is 0 Å². The zero-order valence-corrected chi connectivity index (χ0v) is 27.9. The molecular weight excluding hydrogens is 530 g/mol. The molecule has 0 saturated heterocycles. The Balaban J connectivity index is 1.48. The molecule has 0 amide bonds. The van der Waals surface area contributed by atoms with Crippen molar-refractivity contribution in [1.29, 1.82) is 0 Å². The van der Waals surface area contributed by atoms with E-state index >= 15 is 0 Å². The minimum atomic E-state index is 0.0235. The summed E-state index contributed by atoms with van der Waals surface area (Å²) in [5.41, 5.74) is 17.0. The largest absolute Gasteiger partial charge is 0.213 e. The summed E-state index contributed by atoms with van der Waals surface area (Å²) in [6, 6.07) is 33.4. The van der Waals surface area contributed by atoms with Gasteiger partial charge in [0.05, 0.1) is 0 Å². The van der Waals surface area contributed by atoms with Crippen LogP contribution in [0.4, 0.5) is 0 Å². The van der Waals surface area contributed by atoms with Crippen LogP contribution in [0.25, 0.3) is 44.4 Å². The summed E-state index contributed by atoms with van der Waals surface area (Å²) in [5, 5.41) is 1.33. The van der Waals surface area contributed by atoms with Crippen LogP contribution in [0.1, 0.15) is 94.5 Å².